The molecule has 2 N–H and O–H groups in total. The molecule has 0 bridgehead atoms. The number of benzene rings is 2. The van der Waals surface area contributed by atoms with Crippen LogP contribution < -0.4 is 16.0 Å². The first kappa shape index (κ1) is 20.0. The van der Waals surface area contributed by atoms with Crippen molar-refractivity contribution in [1.82, 2.24) is 9.55 Å². The number of ether oxygens (including phenoxy) is 1. The standard InChI is InChI=1S/C23H19N3O5/c1-15-4-8-17(9-5-15)31-18-10-6-16(7-11-18)24-13-20-21(27)25-23(29)26(22(20)28)14-19-3-2-12-30-19/h2-13,28H,14H2,1H3,(H,25,27,29). The smallest absolute Gasteiger partial charge is 0.331 e. The summed E-state index contributed by atoms with van der Waals surface area (Å²) in [6, 6.07) is 17.9. The monoisotopic (exact) mass is 417 g/mol. The fourth-order valence-corrected chi connectivity index (χ4v) is 2.88. The minimum atomic E-state index is -0.742. The molecule has 0 spiro atoms. The summed E-state index contributed by atoms with van der Waals surface area (Å²) in [7, 11) is 0. The van der Waals surface area contributed by atoms with Crippen LogP contribution in [0.5, 0.6) is 17.4 Å². The van der Waals surface area contributed by atoms with E-state index in [0.717, 1.165) is 15.9 Å². The van der Waals surface area contributed by atoms with E-state index in [1.165, 1.54) is 12.5 Å². The van der Waals surface area contributed by atoms with Gasteiger partial charge in [0.05, 0.1) is 18.5 Å². The largest absolute Gasteiger partial charge is 0.494 e. The number of nitrogens with zero attached hydrogens (tertiary/aromatic N) is 2. The highest BCUT2D eigenvalue weighted by atomic mass is 16.5. The van der Waals surface area contributed by atoms with E-state index in [-0.39, 0.29) is 12.1 Å². The van der Waals surface area contributed by atoms with Gasteiger partial charge in [-0.2, -0.15) is 0 Å². The lowest BCUT2D eigenvalue weighted by molar-refractivity contribution is 0.392. The molecule has 156 valence electrons. The molecule has 2 heterocycles. The third-order valence-electron chi connectivity index (χ3n) is 4.54. The van der Waals surface area contributed by atoms with Crippen LogP contribution in [0.1, 0.15) is 16.9 Å². The van der Waals surface area contributed by atoms with Crippen molar-refractivity contribution in [1.29, 1.82) is 0 Å². The molecule has 0 aliphatic carbocycles. The summed E-state index contributed by atoms with van der Waals surface area (Å²) in [5.74, 6) is 1.32. The van der Waals surface area contributed by atoms with Crippen LogP contribution in [0.3, 0.4) is 0 Å². The Morgan fingerprint density at radius 3 is 2.39 bits per heavy atom. The summed E-state index contributed by atoms with van der Waals surface area (Å²) >= 11 is 0. The number of nitrogens with one attached hydrogen (secondary N) is 1. The summed E-state index contributed by atoms with van der Waals surface area (Å²) in [6.45, 7) is 1.98. The van der Waals surface area contributed by atoms with E-state index in [1.54, 1.807) is 36.4 Å². The molecule has 0 fully saturated rings. The molecule has 0 aliphatic heterocycles. The highest BCUT2D eigenvalue weighted by Crippen LogP contribution is 2.24. The Hall–Kier alpha value is -4.33. The van der Waals surface area contributed by atoms with Gasteiger partial charge in [-0.05, 0) is 55.5 Å². The molecule has 0 saturated heterocycles. The molecule has 0 radical (unpaired) electrons. The Morgan fingerprint density at radius 2 is 1.74 bits per heavy atom. The van der Waals surface area contributed by atoms with Gasteiger partial charge in [-0.15, -0.1) is 0 Å². The Morgan fingerprint density at radius 1 is 1.06 bits per heavy atom. The molecule has 31 heavy (non-hydrogen) atoms. The van der Waals surface area contributed by atoms with Gasteiger partial charge in [0.2, 0.25) is 5.88 Å². The van der Waals surface area contributed by atoms with Gasteiger partial charge in [-0.1, -0.05) is 17.7 Å². The molecule has 0 amide bonds. The molecule has 0 saturated carbocycles. The van der Waals surface area contributed by atoms with Crippen molar-refractivity contribution in [2.45, 2.75) is 13.5 Å². The van der Waals surface area contributed by atoms with Gasteiger partial charge in [0.25, 0.3) is 5.56 Å². The van der Waals surface area contributed by atoms with Gasteiger partial charge in [0, 0.05) is 6.21 Å². The molecule has 0 unspecified atom stereocenters. The molecule has 2 aromatic heterocycles. The van der Waals surface area contributed by atoms with E-state index in [1.807, 2.05) is 31.2 Å². The number of hydrogen-bond donors (Lipinski definition) is 2. The SMILES string of the molecule is Cc1ccc(Oc2ccc(N=Cc3c(O)n(Cc4ccco4)c(=O)[nH]c3=O)cc2)cc1. The number of hydrogen-bond acceptors (Lipinski definition) is 6. The first-order valence-electron chi connectivity index (χ1n) is 9.47. The van der Waals surface area contributed by atoms with Gasteiger partial charge in [-0.25, -0.2) is 4.79 Å². The quantitative estimate of drug-likeness (QED) is 0.465. The summed E-state index contributed by atoms with van der Waals surface area (Å²) in [5, 5.41) is 10.4. The van der Waals surface area contributed by atoms with E-state index in [4.69, 9.17) is 9.15 Å². The maximum atomic E-state index is 12.2. The van der Waals surface area contributed by atoms with E-state index in [0.29, 0.717) is 17.2 Å². The van der Waals surface area contributed by atoms with Crippen molar-refractivity contribution in [2.24, 2.45) is 4.99 Å². The lowest BCUT2D eigenvalue weighted by Crippen LogP contribution is -2.32. The van der Waals surface area contributed by atoms with Crippen molar-refractivity contribution in [3.63, 3.8) is 0 Å². The van der Waals surface area contributed by atoms with Crippen LogP contribution in [-0.4, -0.2) is 20.9 Å². The number of H-pyrrole nitrogens is 1. The predicted octanol–water partition coefficient (Wildman–Crippen LogP) is 3.73. The maximum absolute atomic E-state index is 12.2. The minimum absolute atomic E-state index is 0.0274. The highest BCUT2D eigenvalue weighted by molar-refractivity contribution is 5.84. The highest BCUT2D eigenvalue weighted by Gasteiger charge is 2.14. The number of furan rings is 1. The lowest BCUT2D eigenvalue weighted by Gasteiger charge is -2.08. The fraction of sp³-hybridized carbons (Fsp3) is 0.0870. The number of aliphatic imine (C=N–C) groups is 1. The van der Waals surface area contributed by atoms with Gasteiger partial charge in [0.1, 0.15) is 22.8 Å². The van der Waals surface area contributed by atoms with Gasteiger partial charge < -0.3 is 14.3 Å². The molecule has 2 aromatic carbocycles. The zero-order chi connectivity index (χ0) is 21.8. The first-order chi connectivity index (χ1) is 15.0. The van der Waals surface area contributed by atoms with Crippen LogP contribution in [-0.2, 0) is 6.54 Å². The molecular weight excluding hydrogens is 398 g/mol. The number of aromatic hydroxyl groups is 1. The first-order valence-corrected chi connectivity index (χ1v) is 9.47. The van der Waals surface area contributed by atoms with E-state index in [9.17, 15) is 14.7 Å². The minimum Gasteiger partial charge on any atom is -0.494 e. The van der Waals surface area contributed by atoms with Crippen molar-refractivity contribution < 1.29 is 14.3 Å². The Bertz CT molecular complexity index is 1320. The van der Waals surface area contributed by atoms with E-state index < -0.39 is 17.1 Å². The molecule has 4 rings (SSSR count). The topological polar surface area (TPSA) is 110 Å². The van der Waals surface area contributed by atoms with Crippen LogP contribution in [0, 0.1) is 6.92 Å². The van der Waals surface area contributed by atoms with Crippen molar-refractivity contribution in [3.8, 4) is 17.4 Å². The number of aromatic amines is 1. The van der Waals surface area contributed by atoms with Crippen molar-refractivity contribution in [2.75, 3.05) is 0 Å². The second-order valence-electron chi connectivity index (χ2n) is 6.83. The van der Waals surface area contributed by atoms with E-state index in [2.05, 4.69) is 9.98 Å². The average Bonchev–Trinajstić information content (AvgIpc) is 3.27. The summed E-state index contributed by atoms with van der Waals surface area (Å²) in [4.78, 5) is 30.6. The van der Waals surface area contributed by atoms with Gasteiger partial charge in [-0.3, -0.25) is 19.3 Å². The fourth-order valence-electron chi connectivity index (χ4n) is 2.88. The summed E-state index contributed by atoms with van der Waals surface area (Å²) < 4.78 is 12.0. The number of rotatable bonds is 6. The van der Waals surface area contributed by atoms with Crippen molar-refractivity contribution >= 4 is 11.9 Å². The Kier molecular flexibility index (Phi) is 5.53. The zero-order valence-electron chi connectivity index (χ0n) is 16.6. The third-order valence-corrected chi connectivity index (χ3v) is 4.54. The summed E-state index contributed by atoms with van der Waals surface area (Å²) in [6.07, 6.45) is 2.67. The van der Waals surface area contributed by atoms with Crippen LogP contribution in [0.15, 0.2) is 85.9 Å². The molecule has 4 aromatic rings. The normalized spacial score (nSPS) is 11.1. The predicted molar refractivity (Wildman–Crippen MR) is 116 cm³/mol. The number of aromatic nitrogens is 2. The third kappa shape index (κ3) is 4.64. The Labute approximate surface area is 176 Å². The Balaban J connectivity index is 1.54. The van der Waals surface area contributed by atoms with Crippen LogP contribution in [0.2, 0.25) is 0 Å². The summed E-state index contributed by atoms with van der Waals surface area (Å²) in [5.41, 5.74) is 0.0747. The molecular formula is C23H19N3O5. The molecule has 8 heteroatoms. The molecule has 0 aliphatic rings. The average molecular weight is 417 g/mol. The number of aryl methyl sites for hydroxylation is 1. The lowest BCUT2D eigenvalue weighted by atomic mass is 10.2. The van der Waals surface area contributed by atoms with Crippen LogP contribution in [0.25, 0.3) is 0 Å². The van der Waals surface area contributed by atoms with E-state index >= 15 is 0 Å². The maximum Gasteiger partial charge on any atom is 0.331 e. The van der Waals surface area contributed by atoms with Gasteiger partial charge >= 0.3 is 5.69 Å². The zero-order valence-corrected chi connectivity index (χ0v) is 16.6. The van der Waals surface area contributed by atoms with Gasteiger partial charge in [0.15, 0.2) is 0 Å². The second kappa shape index (κ2) is 8.58. The van der Waals surface area contributed by atoms with Crippen molar-refractivity contribution in [3.05, 3.63) is 105 Å². The van der Waals surface area contributed by atoms with Crippen LogP contribution >= 0.6 is 0 Å². The second-order valence-corrected chi connectivity index (χ2v) is 6.83. The van der Waals surface area contributed by atoms with Crippen LogP contribution in [0.4, 0.5) is 5.69 Å². The molecule has 0 atom stereocenters. The molecule has 8 nitrogen and oxygen atoms in total.